The van der Waals surface area contributed by atoms with E-state index in [0.717, 1.165) is 6.42 Å². The normalized spacial score (nSPS) is 14.4. The molecule has 0 aromatic rings. The third-order valence-electron chi connectivity index (χ3n) is 1.77. The minimum atomic E-state index is -0.282. The van der Waals surface area contributed by atoms with Crippen molar-refractivity contribution >= 4 is 5.78 Å². The average molecular weight is 172 g/mol. The van der Waals surface area contributed by atoms with Crippen LogP contribution in [0.2, 0.25) is 0 Å². The van der Waals surface area contributed by atoms with E-state index in [9.17, 15) is 4.79 Å². The van der Waals surface area contributed by atoms with Crippen molar-refractivity contribution in [1.29, 1.82) is 0 Å². The van der Waals surface area contributed by atoms with Crippen molar-refractivity contribution in [3.63, 3.8) is 0 Å². The zero-order chi connectivity index (χ0) is 9.78. The van der Waals surface area contributed by atoms with E-state index >= 15 is 0 Å². The molecule has 0 aromatic carbocycles. The van der Waals surface area contributed by atoms with E-state index in [0.29, 0.717) is 6.61 Å². The summed E-state index contributed by atoms with van der Waals surface area (Å²) in [4.78, 5) is 11.7. The maximum absolute atomic E-state index is 11.7. The van der Waals surface area contributed by atoms with Crippen LogP contribution in [0, 0.1) is 5.41 Å². The molecule has 0 spiro atoms. The van der Waals surface area contributed by atoms with Gasteiger partial charge in [0.15, 0.2) is 5.78 Å². The van der Waals surface area contributed by atoms with Gasteiger partial charge in [-0.1, -0.05) is 27.7 Å². The Balaban J connectivity index is 4.22. The van der Waals surface area contributed by atoms with Crippen molar-refractivity contribution in [1.82, 2.24) is 0 Å². The van der Waals surface area contributed by atoms with Crippen LogP contribution in [-0.4, -0.2) is 18.5 Å². The van der Waals surface area contributed by atoms with Crippen LogP contribution in [0.5, 0.6) is 0 Å². The highest BCUT2D eigenvalue weighted by atomic mass is 16.5. The lowest BCUT2D eigenvalue weighted by Crippen LogP contribution is -2.34. The Bertz CT molecular complexity index is 144. The molecule has 0 rings (SSSR count). The van der Waals surface area contributed by atoms with Gasteiger partial charge >= 0.3 is 0 Å². The summed E-state index contributed by atoms with van der Waals surface area (Å²) in [5.41, 5.74) is -0.282. The number of hydrogen-bond acceptors (Lipinski definition) is 2. The quantitative estimate of drug-likeness (QED) is 0.651. The zero-order valence-electron chi connectivity index (χ0n) is 8.81. The summed E-state index contributed by atoms with van der Waals surface area (Å²) in [6.45, 7) is 10.3. The lowest BCUT2D eigenvalue weighted by Gasteiger charge is -2.23. The molecule has 0 bridgehead atoms. The number of hydrogen-bond donors (Lipinski definition) is 0. The Labute approximate surface area is 75.3 Å². The fourth-order valence-corrected chi connectivity index (χ4v) is 1.06. The van der Waals surface area contributed by atoms with Crippen LogP contribution in [0.25, 0.3) is 0 Å². The molecule has 2 nitrogen and oxygen atoms in total. The van der Waals surface area contributed by atoms with Gasteiger partial charge in [-0.05, 0) is 13.3 Å². The van der Waals surface area contributed by atoms with Crippen LogP contribution in [0.15, 0.2) is 0 Å². The van der Waals surface area contributed by atoms with Gasteiger partial charge in [-0.3, -0.25) is 4.79 Å². The lowest BCUT2D eigenvalue weighted by molar-refractivity contribution is -0.138. The Hall–Kier alpha value is -0.370. The van der Waals surface area contributed by atoms with Gasteiger partial charge in [0.25, 0.3) is 0 Å². The molecule has 12 heavy (non-hydrogen) atoms. The molecule has 0 aliphatic heterocycles. The number of carbonyl (C=O) groups is 1. The summed E-state index contributed by atoms with van der Waals surface area (Å²) in [5.74, 6) is 0.201. The molecule has 0 N–H and O–H groups in total. The second kappa shape index (κ2) is 4.61. The Morgan fingerprint density at radius 2 is 1.83 bits per heavy atom. The molecule has 0 saturated heterocycles. The molecular formula is C10H20O2. The van der Waals surface area contributed by atoms with Gasteiger partial charge in [0.05, 0.1) is 0 Å². The topological polar surface area (TPSA) is 26.3 Å². The minimum Gasteiger partial charge on any atom is -0.371 e. The number of ketones is 1. The summed E-state index contributed by atoms with van der Waals surface area (Å²) >= 11 is 0. The van der Waals surface area contributed by atoms with Gasteiger partial charge in [-0.25, -0.2) is 0 Å². The van der Waals surface area contributed by atoms with Gasteiger partial charge in [-0.15, -0.1) is 0 Å². The first-order valence-electron chi connectivity index (χ1n) is 4.59. The third-order valence-corrected chi connectivity index (χ3v) is 1.77. The van der Waals surface area contributed by atoms with E-state index in [1.807, 2.05) is 34.6 Å². The summed E-state index contributed by atoms with van der Waals surface area (Å²) in [5, 5.41) is 0. The van der Waals surface area contributed by atoms with Gasteiger partial charge in [0.1, 0.15) is 6.10 Å². The number of carbonyl (C=O) groups excluding carboxylic acids is 1. The predicted octanol–water partition coefficient (Wildman–Crippen LogP) is 2.42. The monoisotopic (exact) mass is 172 g/mol. The molecule has 0 amide bonds. The van der Waals surface area contributed by atoms with Gasteiger partial charge in [-0.2, -0.15) is 0 Å². The Morgan fingerprint density at radius 1 is 1.33 bits per heavy atom. The second-order valence-corrected chi connectivity index (χ2v) is 3.97. The molecule has 0 radical (unpaired) electrons. The SMILES string of the molecule is CCOC(CC)C(=O)C(C)(C)C. The van der Waals surface area contributed by atoms with Gasteiger partial charge in [0, 0.05) is 12.0 Å². The molecule has 0 saturated carbocycles. The largest absolute Gasteiger partial charge is 0.371 e. The molecular weight excluding hydrogens is 152 g/mol. The van der Waals surface area contributed by atoms with E-state index in [-0.39, 0.29) is 17.3 Å². The number of Topliss-reactive ketones (excluding diaryl/α,β-unsaturated/α-hetero) is 1. The summed E-state index contributed by atoms with van der Waals surface area (Å²) in [6, 6.07) is 0. The van der Waals surface area contributed by atoms with Crippen LogP contribution in [-0.2, 0) is 9.53 Å². The average Bonchev–Trinajstić information content (AvgIpc) is 1.97. The maximum atomic E-state index is 11.7. The van der Waals surface area contributed by atoms with E-state index in [1.54, 1.807) is 0 Å². The Morgan fingerprint density at radius 3 is 2.08 bits per heavy atom. The van der Waals surface area contributed by atoms with E-state index in [1.165, 1.54) is 0 Å². The maximum Gasteiger partial charge on any atom is 0.166 e. The highest BCUT2D eigenvalue weighted by Gasteiger charge is 2.28. The highest BCUT2D eigenvalue weighted by Crippen LogP contribution is 2.19. The first-order chi connectivity index (χ1) is 5.43. The lowest BCUT2D eigenvalue weighted by atomic mass is 9.87. The molecule has 1 atom stereocenters. The first-order valence-corrected chi connectivity index (χ1v) is 4.59. The third kappa shape index (κ3) is 3.35. The van der Waals surface area contributed by atoms with Gasteiger partial charge in [0.2, 0.25) is 0 Å². The summed E-state index contributed by atoms with van der Waals surface area (Å²) in [7, 11) is 0. The first kappa shape index (κ1) is 11.6. The van der Waals surface area contributed by atoms with Crippen LogP contribution < -0.4 is 0 Å². The highest BCUT2D eigenvalue weighted by molar-refractivity contribution is 5.87. The molecule has 2 heteroatoms. The van der Waals surface area contributed by atoms with Crippen molar-refractivity contribution in [3.05, 3.63) is 0 Å². The molecule has 1 unspecified atom stereocenters. The van der Waals surface area contributed by atoms with Crippen molar-refractivity contribution in [2.24, 2.45) is 5.41 Å². The fourth-order valence-electron chi connectivity index (χ4n) is 1.06. The Kier molecular flexibility index (Phi) is 4.46. The molecule has 0 aromatic heterocycles. The van der Waals surface area contributed by atoms with Gasteiger partial charge < -0.3 is 4.74 Å². The number of ether oxygens (including phenoxy) is 1. The van der Waals surface area contributed by atoms with Crippen molar-refractivity contribution < 1.29 is 9.53 Å². The van der Waals surface area contributed by atoms with Crippen LogP contribution in [0.1, 0.15) is 41.0 Å². The summed E-state index contributed by atoms with van der Waals surface area (Å²) in [6.07, 6.45) is 0.555. The van der Waals surface area contributed by atoms with E-state index in [4.69, 9.17) is 4.74 Å². The van der Waals surface area contributed by atoms with Crippen LogP contribution >= 0.6 is 0 Å². The fraction of sp³-hybridized carbons (Fsp3) is 0.900. The zero-order valence-corrected chi connectivity index (χ0v) is 8.81. The molecule has 0 fully saturated rings. The second-order valence-electron chi connectivity index (χ2n) is 3.97. The standard InChI is InChI=1S/C10H20O2/c1-6-8(12-7-2)9(11)10(3,4)5/h8H,6-7H2,1-5H3. The van der Waals surface area contributed by atoms with Crippen molar-refractivity contribution in [2.45, 2.75) is 47.1 Å². The molecule has 72 valence electrons. The van der Waals surface area contributed by atoms with Crippen molar-refractivity contribution in [3.8, 4) is 0 Å². The molecule has 0 aliphatic carbocycles. The summed E-state index contributed by atoms with van der Waals surface area (Å²) < 4.78 is 5.33. The smallest absolute Gasteiger partial charge is 0.166 e. The number of rotatable bonds is 4. The van der Waals surface area contributed by atoms with Crippen LogP contribution in [0.4, 0.5) is 0 Å². The molecule has 0 heterocycles. The van der Waals surface area contributed by atoms with Crippen molar-refractivity contribution in [2.75, 3.05) is 6.61 Å². The minimum absolute atomic E-state index is 0.201. The molecule has 0 aliphatic rings. The van der Waals surface area contributed by atoms with E-state index < -0.39 is 0 Å². The van der Waals surface area contributed by atoms with E-state index in [2.05, 4.69) is 0 Å². The van der Waals surface area contributed by atoms with Crippen LogP contribution in [0.3, 0.4) is 0 Å². The predicted molar refractivity (Wildman–Crippen MR) is 50.2 cm³/mol.